The number of amides is 1. The van der Waals surface area contributed by atoms with Gasteiger partial charge in [-0.05, 0) is 33.2 Å². The second-order valence-corrected chi connectivity index (χ2v) is 4.14. The number of Topliss-reactive ketones (excluding diaryl/α,β-unsaturated/α-hetero) is 1. The van der Waals surface area contributed by atoms with Crippen molar-refractivity contribution in [3.05, 3.63) is 0 Å². The summed E-state index contributed by atoms with van der Waals surface area (Å²) in [6.07, 6.45) is 1.99. The summed E-state index contributed by atoms with van der Waals surface area (Å²) in [7, 11) is 0. The van der Waals surface area contributed by atoms with Crippen LogP contribution in [-0.2, 0) is 9.59 Å². The summed E-state index contributed by atoms with van der Waals surface area (Å²) in [6.45, 7) is 6.32. The minimum absolute atomic E-state index is 0.0571. The number of hydrogen-bond acceptors (Lipinski definition) is 3. The molecular weight excluding hydrogens is 192 g/mol. The molecule has 1 heterocycles. The van der Waals surface area contributed by atoms with Gasteiger partial charge in [-0.1, -0.05) is 0 Å². The maximum Gasteiger partial charge on any atom is 0.234 e. The molecule has 1 aliphatic rings. The molecule has 0 aromatic rings. The monoisotopic (exact) mass is 212 g/mol. The SMILES string of the molecule is CCNC(=O)CN1CCCC(C(C)=O)C1. The zero-order chi connectivity index (χ0) is 11.3. The number of likely N-dealkylation sites (tertiary alicyclic amines) is 1. The van der Waals surface area contributed by atoms with Gasteiger partial charge in [0.05, 0.1) is 6.54 Å². The van der Waals surface area contributed by atoms with Crippen molar-refractivity contribution in [2.45, 2.75) is 26.7 Å². The predicted molar refractivity (Wildman–Crippen MR) is 58.5 cm³/mol. The molecule has 4 nitrogen and oxygen atoms in total. The number of piperidine rings is 1. The van der Waals surface area contributed by atoms with Gasteiger partial charge in [-0.3, -0.25) is 14.5 Å². The van der Waals surface area contributed by atoms with Gasteiger partial charge in [0, 0.05) is 19.0 Å². The standard InChI is InChI=1S/C11H20N2O2/c1-3-12-11(15)8-13-6-4-5-10(7-13)9(2)14/h10H,3-8H2,1-2H3,(H,12,15). The summed E-state index contributed by atoms with van der Waals surface area (Å²) in [5.41, 5.74) is 0. The van der Waals surface area contributed by atoms with Crippen LogP contribution in [-0.4, -0.2) is 42.8 Å². The average Bonchev–Trinajstić information content (AvgIpc) is 2.18. The van der Waals surface area contributed by atoms with Crippen LogP contribution in [0.3, 0.4) is 0 Å². The van der Waals surface area contributed by atoms with Gasteiger partial charge >= 0.3 is 0 Å². The van der Waals surface area contributed by atoms with E-state index in [0.29, 0.717) is 13.1 Å². The Hall–Kier alpha value is -0.900. The molecule has 1 rings (SSSR count). The molecule has 1 saturated heterocycles. The Morgan fingerprint density at radius 2 is 2.20 bits per heavy atom. The Morgan fingerprint density at radius 1 is 1.47 bits per heavy atom. The number of nitrogens with zero attached hydrogens (tertiary/aromatic N) is 1. The van der Waals surface area contributed by atoms with E-state index in [-0.39, 0.29) is 17.6 Å². The van der Waals surface area contributed by atoms with Gasteiger partial charge in [0.15, 0.2) is 0 Å². The summed E-state index contributed by atoms with van der Waals surface area (Å²) < 4.78 is 0. The number of rotatable bonds is 4. The number of likely N-dealkylation sites (N-methyl/N-ethyl adjacent to an activating group) is 1. The molecule has 0 aromatic carbocycles. The van der Waals surface area contributed by atoms with Crippen LogP contribution >= 0.6 is 0 Å². The van der Waals surface area contributed by atoms with Gasteiger partial charge < -0.3 is 5.32 Å². The molecular formula is C11H20N2O2. The molecule has 1 N–H and O–H groups in total. The molecule has 1 atom stereocenters. The molecule has 15 heavy (non-hydrogen) atoms. The molecule has 86 valence electrons. The first-order chi connectivity index (χ1) is 7.13. The highest BCUT2D eigenvalue weighted by atomic mass is 16.2. The maximum absolute atomic E-state index is 11.4. The first kappa shape index (κ1) is 12.2. The van der Waals surface area contributed by atoms with E-state index < -0.39 is 0 Å². The van der Waals surface area contributed by atoms with Gasteiger partial charge in [-0.2, -0.15) is 0 Å². The third-order valence-electron chi connectivity index (χ3n) is 2.82. The Labute approximate surface area is 91.0 Å². The lowest BCUT2D eigenvalue weighted by atomic mass is 9.95. The zero-order valence-corrected chi connectivity index (χ0v) is 9.58. The van der Waals surface area contributed by atoms with Crippen LogP contribution in [0.4, 0.5) is 0 Å². The molecule has 0 aliphatic carbocycles. The molecule has 4 heteroatoms. The minimum Gasteiger partial charge on any atom is -0.355 e. The van der Waals surface area contributed by atoms with E-state index in [2.05, 4.69) is 10.2 Å². The molecule has 1 unspecified atom stereocenters. The number of nitrogens with one attached hydrogen (secondary N) is 1. The first-order valence-electron chi connectivity index (χ1n) is 5.63. The number of carbonyl (C=O) groups excluding carboxylic acids is 2. The summed E-state index contributed by atoms with van der Waals surface area (Å²) in [5, 5.41) is 2.77. The lowest BCUT2D eigenvalue weighted by Crippen LogP contribution is -2.43. The van der Waals surface area contributed by atoms with Crippen molar-refractivity contribution < 1.29 is 9.59 Å². The Kier molecular flexibility index (Phi) is 4.75. The van der Waals surface area contributed by atoms with Crippen LogP contribution in [0.15, 0.2) is 0 Å². The largest absolute Gasteiger partial charge is 0.355 e. The van der Waals surface area contributed by atoms with Crippen LogP contribution in [0.1, 0.15) is 26.7 Å². The maximum atomic E-state index is 11.4. The second kappa shape index (κ2) is 5.85. The third kappa shape index (κ3) is 4.00. The molecule has 1 aliphatic heterocycles. The fourth-order valence-corrected chi connectivity index (χ4v) is 1.99. The van der Waals surface area contributed by atoms with Crippen LogP contribution < -0.4 is 5.32 Å². The molecule has 0 saturated carbocycles. The Bertz CT molecular complexity index is 241. The molecule has 0 spiro atoms. The van der Waals surface area contributed by atoms with Gasteiger partial charge in [0.2, 0.25) is 5.91 Å². The highest BCUT2D eigenvalue weighted by Crippen LogP contribution is 2.16. The highest BCUT2D eigenvalue weighted by molar-refractivity contribution is 5.79. The average molecular weight is 212 g/mol. The first-order valence-corrected chi connectivity index (χ1v) is 5.63. The van der Waals surface area contributed by atoms with Gasteiger partial charge in [0.25, 0.3) is 0 Å². The summed E-state index contributed by atoms with van der Waals surface area (Å²) >= 11 is 0. The second-order valence-electron chi connectivity index (χ2n) is 4.14. The number of ketones is 1. The van der Waals surface area contributed by atoms with Crippen molar-refractivity contribution in [1.29, 1.82) is 0 Å². The zero-order valence-electron chi connectivity index (χ0n) is 9.58. The topological polar surface area (TPSA) is 49.4 Å². The Balaban J connectivity index is 2.36. The van der Waals surface area contributed by atoms with Crippen molar-refractivity contribution in [1.82, 2.24) is 10.2 Å². The van der Waals surface area contributed by atoms with E-state index in [1.165, 1.54) is 0 Å². The number of carbonyl (C=O) groups is 2. The van der Waals surface area contributed by atoms with Crippen molar-refractivity contribution in [2.75, 3.05) is 26.2 Å². The Morgan fingerprint density at radius 3 is 2.80 bits per heavy atom. The fourth-order valence-electron chi connectivity index (χ4n) is 1.99. The van der Waals surface area contributed by atoms with Crippen LogP contribution in [0.5, 0.6) is 0 Å². The lowest BCUT2D eigenvalue weighted by molar-refractivity contribution is -0.126. The van der Waals surface area contributed by atoms with E-state index in [1.54, 1.807) is 6.92 Å². The summed E-state index contributed by atoms with van der Waals surface area (Å²) in [5.74, 6) is 0.436. The molecule has 0 radical (unpaired) electrons. The van der Waals surface area contributed by atoms with Crippen LogP contribution in [0.25, 0.3) is 0 Å². The third-order valence-corrected chi connectivity index (χ3v) is 2.82. The van der Waals surface area contributed by atoms with E-state index >= 15 is 0 Å². The van der Waals surface area contributed by atoms with Crippen LogP contribution in [0.2, 0.25) is 0 Å². The van der Waals surface area contributed by atoms with Crippen molar-refractivity contribution >= 4 is 11.7 Å². The molecule has 1 amide bonds. The fraction of sp³-hybridized carbons (Fsp3) is 0.818. The van der Waals surface area contributed by atoms with Crippen molar-refractivity contribution in [3.63, 3.8) is 0 Å². The summed E-state index contributed by atoms with van der Waals surface area (Å²) in [4.78, 5) is 24.6. The van der Waals surface area contributed by atoms with Crippen molar-refractivity contribution in [2.24, 2.45) is 5.92 Å². The molecule has 0 aromatic heterocycles. The van der Waals surface area contributed by atoms with Crippen molar-refractivity contribution in [3.8, 4) is 0 Å². The summed E-state index contributed by atoms with van der Waals surface area (Å²) in [6, 6.07) is 0. The van der Waals surface area contributed by atoms with Crippen LogP contribution in [0, 0.1) is 5.92 Å². The minimum atomic E-state index is 0.0571. The predicted octanol–water partition coefficient (Wildman–Crippen LogP) is 0.424. The van der Waals surface area contributed by atoms with E-state index in [9.17, 15) is 9.59 Å². The number of hydrogen-bond donors (Lipinski definition) is 1. The van der Waals surface area contributed by atoms with Gasteiger partial charge in [-0.15, -0.1) is 0 Å². The quantitative estimate of drug-likeness (QED) is 0.735. The molecule has 0 bridgehead atoms. The highest BCUT2D eigenvalue weighted by Gasteiger charge is 2.23. The molecule has 1 fully saturated rings. The van der Waals surface area contributed by atoms with E-state index in [1.807, 2.05) is 6.92 Å². The lowest BCUT2D eigenvalue weighted by Gasteiger charge is -2.30. The smallest absolute Gasteiger partial charge is 0.234 e. The van der Waals surface area contributed by atoms with E-state index in [0.717, 1.165) is 25.9 Å². The van der Waals surface area contributed by atoms with Gasteiger partial charge in [0.1, 0.15) is 5.78 Å². The van der Waals surface area contributed by atoms with E-state index in [4.69, 9.17) is 0 Å². The van der Waals surface area contributed by atoms with Gasteiger partial charge in [-0.25, -0.2) is 0 Å². The normalized spacial score (nSPS) is 22.4.